The molecule has 1 aliphatic rings. The number of amides is 3. The molecule has 36 heavy (non-hydrogen) atoms. The van der Waals surface area contributed by atoms with Crippen molar-refractivity contribution in [2.45, 2.75) is 38.8 Å². The van der Waals surface area contributed by atoms with Crippen molar-refractivity contribution in [2.24, 2.45) is 12.1 Å². The van der Waals surface area contributed by atoms with Crippen LogP contribution in [0.15, 0.2) is 41.6 Å². The van der Waals surface area contributed by atoms with Crippen molar-refractivity contribution < 1.29 is 23.8 Å². The van der Waals surface area contributed by atoms with Crippen molar-refractivity contribution in [1.82, 2.24) is 19.8 Å². The van der Waals surface area contributed by atoms with Crippen LogP contribution in [0.5, 0.6) is 11.5 Å². The first-order valence-electron chi connectivity index (χ1n) is 11.9. The number of urea groups is 1. The minimum absolute atomic E-state index is 0.155. The highest BCUT2D eigenvalue weighted by molar-refractivity contribution is 6.02. The number of nitrogens with one attached hydrogen (secondary N) is 1. The zero-order valence-electron chi connectivity index (χ0n) is 22.2. The minimum Gasteiger partial charge on any atom is -0.497 e. The number of hydrogen-bond donors (Lipinski definition) is 1. The number of carbonyl (C=O) groups excluding carboxylic acids is 2. The third kappa shape index (κ3) is 6.37. The monoisotopic (exact) mass is 499 g/mol. The molecule has 2 aromatic rings. The van der Waals surface area contributed by atoms with Crippen molar-refractivity contribution >= 4 is 17.6 Å². The fourth-order valence-corrected chi connectivity index (χ4v) is 4.09. The summed E-state index contributed by atoms with van der Waals surface area (Å²) in [4.78, 5) is 28.1. The largest absolute Gasteiger partial charge is 0.497 e. The van der Waals surface area contributed by atoms with E-state index in [-0.39, 0.29) is 25.0 Å². The first kappa shape index (κ1) is 27.1. The van der Waals surface area contributed by atoms with Crippen molar-refractivity contribution in [2.75, 3.05) is 41.0 Å². The van der Waals surface area contributed by atoms with Gasteiger partial charge in [-0.1, -0.05) is 0 Å². The molecule has 0 bridgehead atoms. The highest BCUT2D eigenvalue weighted by atomic mass is 16.5. The molecule has 196 valence electrons. The molecule has 1 aromatic heterocycles. The van der Waals surface area contributed by atoms with Crippen LogP contribution in [0.1, 0.15) is 44.5 Å². The summed E-state index contributed by atoms with van der Waals surface area (Å²) in [5, 5.41) is 9.13. The molecule has 0 aliphatic carbocycles. The SMILES string of the molecule is COCCN(CC(=O)N1N=C(c2cccn2C)C[C@@H]1c1cc(OC)ccc1OC)C(=O)NC(C)(C)C. The van der Waals surface area contributed by atoms with Crippen LogP contribution in [0.25, 0.3) is 0 Å². The Morgan fingerprint density at radius 1 is 1.17 bits per heavy atom. The minimum atomic E-state index is -0.451. The normalized spacial score (nSPS) is 15.5. The molecule has 0 spiro atoms. The van der Waals surface area contributed by atoms with Gasteiger partial charge in [-0.15, -0.1) is 0 Å². The molecule has 1 N–H and O–H groups in total. The molecule has 0 saturated heterocycles. The van der Waals surface area contributed by atoms with Crippen LogP contribution >= 0.6 is 0 Å². The van der Waals surface area contributed by atoms with Crippen molar-refractivity contribution in [3.63, 3.8) is 0 Å². The number of rotatable bonds is 9. The summed E-state index contributed by atoms with van der Waals surface area (Å²) in [5.41, 5.74) is 2.01. The quantitative estimate of drug-likeness (QED) is 0.572. The second kappa shape index (κ2) is 11.5. The van der Waals surface area contributed by atoms with Crippen LogP contribution in [0.2, 0.25) is 0 Å². The summed E-state index contributed by atoms with van der Waals surface area (Å²) < 4.78 is 18.2. The lowest BCUT2D eigenvalue weighted by Crippen LogP contribution is -2.52. The van der Waals surface area contributed by atoms with E-state index in [2.05, 4.69) is 5.32 Å². The van der Waals surface area contributed by atoms with Crippen molar-refractivity contribution in [3.05, 3.63) is 47.8 Å². The fraction of sp³-hybridized carbons (Fsp3) is 0.500. The van der Waals surface area contributed by atoms with Crippen LogP contribution in [-0.4, -0.2) is 78.7 Å². The van der Waals surface area contributed by atoms with Gasteiger partial charge in [0.25, 0.3) is 5.91 Å². The average molecular weight is 500 g/mol. The smallest absolute Gasteiger partial charge is 0.318 e. The van der Waals surface area contributed by atoms with Gasteiger partial charge in [-0.05, 0) is 51.1 Å². The van der Waals surface area contributed by atoms with Gasteiger partial charge in [-0.25, -0.2) is 9.80 Å². The molecule has 2 heterocycles. The number of carbonyl (C=O) groups is 2. The summed E-state index contributed by atoms with van der Waals surface area (Å²) in [5.74, 6) is 0.967. The van der Waals surface area contributed by atoms with E-state index in [0.29, 0.717) is 24.5 Å². The van der Waals surface area contributed by atoms with Gasteiger partial charge < -0.3 is 29.0 Å². The van der Waals surface area contributed by atoms with Crippen molar-refractivity contribution in [3.8, 4) is 11.5 Å². The Hall–Kier alpha value is -3.53. The number of nitrogens with zero attached hydrogens (tertiary/aromatic N) is 4. The van der Waals surface area contributed by atoms with E-state index in [0.717, 1.165) is 17.0 Å². The van der Waals surface area contributed by atoms with E-state index in [1.54, 1.807) is 21.3 Å². The van der Waals surface area contributed by atoms with Gasteiger partial charge in [-0.3, -0.25) is 4.79 Å². The molecule has 0 fully saturated rings. The van der Waals surface area contributed by atoms with E-state index in [4.69, 9.17) is 19.3 Å². The molecule has 1 aliphatic heterocycles. The fourth-order valence-electron chi connectivity index (χ4n) is 4.09. The highest BCUT2D eigenvalue weighted by Gasteiger charge is 2.37. The lowest BCUT2D eigenvalue weighted by Gasteiger charge is -2.30. The molecule has 0 radical (unpaired) electrons. The van der Waals surface area contributed by atoms with Crippen LogP contribution in [0.4, 0.5) is 4.79 Å². The number of hydrogen-bond acceptors (Lipinski definition) is 6. The lowest BCUT2D eigenvalue weighted by atomic mass is 9.99. The maximum Gasteiger partial charge on any atom is 0.318 e. The summed E-state index contributed by atoms with van der Waals surface area (Å²) in [6.45, 7) is 6.09. The molecule has 0 unspecified atom stereocenters. The number of aryl methyl sites for hydroxylation is 1. The first-order valence-corrected chi connectivity index (χ1v) is 11.9. The second-order valence-electron chi connectivity index (χ2n) is 9.71. The van der Waals surface area contributed by atoms with Crippen molar-refractivity contribution in [1.29, 1.82) is 0 Å². The van der Waals surface area contributed by atoms with E-state index in [9.17, 15) is 9.59 Å². The number of benzene rings is 1. The summed E-state index contributed by atoms with van der Waals surface area (Å²) in [6, 6.07) is 8.63. The van der Waals surface area contributed by atoms with Gasteiger partial charge >= 0.3 is 6.03 Å². The van der Waals surface area contributed by atoms with E-state index >= 15 is 0 Å². The molecule has 3 amide bonds. The number of ether oxygens (including phenoxy) is 3. The third-order valence-corrected chi connectivity index (χ3v) is 5.86. The zero-order chi connectivity index (χ0) is 26.5. The van der Waals surface area contributed by atoms with E-state index in [1.165, 1.54) is 9.91 Å². The average Bonchev–Trinajstić information content (AvgIpc) is 3.46. The zero-order valence-corrected chi connectivity index (χ0v) is 22.2. The topological polar surface area (TPSA) is 97.6 Å². The molecular formula is C26H37N5O5. The molecular weight excluding hydrogens is 462 g/mol. The molecule has 1 aromatic carbocycles. The maximum absolute atomic E-state index is 13.7. The van der Waals surface area contributed by atoms with Crippen LogP contribution in [0.3, 0.4) is 0 Å². The predicted molar refractivity (Wildman–Crippen MR) is 137 cm³/mol. The van der Waals surface area contributed by atoms with Crippen LogP contribution in [0, 0.1) is 0 Å². The molecule has 10 nitrogen and oxygen atoms in total. The first-order chi connectivity index (χ1) is 17.1. The molecule has 3 rings (SSSR count). The third-order valence-electron chi connectivity index (χ3n) is 5.86. The second-order valence-corrected chi connectivity index (χ2v) is 9.71. The molecule has 10 heteroatoms. The lowest BCUT2D eigenvalue weighted by molar-refractivity contribution is -0.133. The Balaban J connectivity index is 1.97. The number of hydrazone groups is 1. The Kier molecular flexibility index (Phi) is 8.62. The highest BCUT2D eigenvalue weighted by Crippen LogP contribution is 2.39. The summed E-state index contributed by atoms with van der Waals surface area (Å²) >= 11 is 0. The molecule has 0 saturated carbocycles. The summed E-state index contributed by atoms with van der Waals surface area (Å²) in [7, 11) is 6.68. The van der Waals surface area contributed by atoms with Gasteiger partial charge in [0, 0.05) is 44.4 Å². The summed E-state index contributed by atoms with van der Waals surface area (Å²) in [6.07, 6.45) is 2.42. The Labute approximate surface area is 212 Å². The maximum atomic E-state index is 13.7. The van der Waals surface area contributed by atoms with Gasteiger partial charge in [0.2, 0.25) is 0 Å². The number of methoxy groups -OCH3 is 3. The van der Waals surface area contributed by atoms with E-state index in [1.807, 2.05) is 68.9 Å². The number of aromatic nitrogens is 1. The van der Waals surface area contributed by atoms with E-state index < -0.39 is 11.6 Å². The van der Waals surface area contributed by atoms with Gasteiger partial charge in [0.15, 0.2) is 0 Å². The van der Waals surface area contributed by atoms with Gasteiger partial charge in [0.05, 0.1) is 38.3 Å². The predicted octanol–water partition coefficient (Wildman–Crippen LogP) is 3.18. The van der Waals surface area contributed by atoms with Gasteiger partial charge in [-0.2, -0.15) is 5.10 Å². The van der Waals surface area contributed by atoms with Crippen LogP contribution < -0.4 is 14.8 Å². The standard InChI is InChI=1S/C26H37N5O5/c1-26(2,3)27-25(33)30(13-14-34-5)17-24(32)31-22(16-20(28-31)21-9-8-12-29(21)4)19-15-18(35-6)10-11-23(19)36-7/h8-12,15,22H,13-14,16-17H2,1-7H3,(H,27,33)/t22-/m1/s1. The van der Waals surface area contributed by atoms with Gasteiger partial charge in [0.1, 0.15) is 18.0 Å². The van der Waals surface area contributed by atoms with Crippen LogP contribution in [-0.2, 0) is 16.6 Å². The Morgan fingerprint density at radius 2 is 1.92 bits per heavy atom. The Morgan fingerprint density at radius 3 is 2.50 bits per heavy atom. The molecule has 1 atom stereocenters. The Bertz CT molecular complexity index is 1100.